The van der Waals surface area contributed by atoms with Gasteiger partial charge in [0.2, 0.25) is 5.82 Å². The van der Waals surface area contributed by atoms with Crippen LogP contribution >= 0.6 is 0 Å². The fourth-order valence-corrected chi connectivity index (χ4v) is 0.732. The van der Waals surface area contributed by atoms with Gasteiger partial charge in [-0.3, -0.25) is 0 Å². The van der Waals surface area contributed by atoms with Crippen molar-refractivity contribution in [3.63, 3.8) is 0 Å². The molecule has 0 heterocycles. The summed E-state index contributed by atoms with van der Waals surface area (Å²) in [6.07, 6.45) is 0. The monoisotopic (exact) mass is 187 g/mol. The second-order valence-corrected chi connectivity index (χ2v) is 2.21. The lowest BCUT2D eigenvalue weighted by Crippen LogP contribution is -2.29. The summed E-state index contributed by atoms with van der Waals surface area (Å²) >= 11 is 0. The molecule has 0 N–H and O–H groups in total. The Hall–Kier alpha value is -1.65. The highest BCUT2D eigenvalue weighted by Gasteiger charge is 2.07. The van der Waals surface area contributed by atoms with Gasteiger partial charge in [0.1, 0.15) is 6.61 Å². The standard InChI is InChI=1S/C8H6F2O3/c9-5-2-1-3-6(8(5)10)13-4-7(11)12/h1-3H,4H2,(H,11,12)/p-1. The van der Waals surface area contributed by atoms with Crippen LogP contribution in [0.5, 0.6) is 5.75 Å². The van der Waals surface area contributed by atoms with E-state index in [0.29, 0.717) is 0 Å². The molecule has 0 atom stereocenters. The van der Waals surface area contributed by atoms with Crippen molar-refractivity contribution < 1.29 is 23.4 Å². The Kier molecular flexibility index (Phi) is 2.79. The maximum atomic E-state index is 12.7. The van der Waals surface area contributed by atoms with Crippen LogP contribution in [0, 0.1) is 11.6 Å². The van der Waals surface area contributed by atoms with Gasteiger partial charge in [0.15, 0.2) is 11.6 Å². The molecule has 0 unspecified atom stereocenters. The second-order valence-electron chi connectivity index (χ2n) is 2.21. The summed E-state index contributed by atoms with van der Waals surface area (Å²) in [7, 11) is 0. The van der Waals surface area contributed by atoms with Gasteiger partial charge in [-0.2, -0.15) is 4.39 Å². The Balaban J connectivity index is 2.77. The number of hydrogen-bond donors (Lipinski definition) is 0. The number of rotatable bonds is 3. The Bertz CT molecular complexity index is 325. The summed E-state index contributed by atoms with van der Waals surface area (Å²) in [5, 5.41) is 9.92. The largest absolute Gasteiger partial charge is 0.546 e. The number of carbonyl (C=O) groups is 1. The zero-order valence-corrected chi connectivity index (χ0v) is 6.42. The maximum absolute atomic E-state index is 12.7. The van der Waals surface area contributed by atoms with Gasteiger partial charge in [-0.1, -0.05) is 6.07 Å². The van der Waals surface area contributed by atoms with Gasteiger partial charge in [-0.25, -0.2) is 4.39 Å². The predicted molar refractivity (Wildman–Crippen MR) is 36.9 cm³/mol. The molecule has 0 bridgehead atoms. The van der Waals surface area contributed by atoms with Crippen molar-refractivity contribution in [2.75, 3.05) is 6.61 Å². The van der Waals surface area contributed by atoms with E-state index in [1.807, 2.05) is 0 Å². The molecule has 0 saturated heterocycles. The third kappa shape index (κ3) is 2.40. The lowest BCUT2D eigenvalue weighted by atomic mass is 10.3. The van der Waals surface area contributed by atoms with Gasteiger partial charge in [0.05, 0.1) is 5.97 Å². The van der Waals surface area contributed by atoms with Gasteiger partial charge in [-0.15, -0.1) is 0 Å². The molecule has 70 valence electrons. The Labute approximate surface area is 72.6 Å². The molecule has 0 aliphatic carbocycles. The van der Waals surface area contributed by atoms with E-state index in [1.165, 1.54) is 6.07 Å². The van der Waals surface area contributed by atoms with Crippen LogP contribution in [0.25, 0.3) is 0 Å². The maximum Gasteiger partial charge on any atom is 0.200 e. The average molecular weight is 187 g/mol. The molecule has 0 aliphatic rings. The lowest BCUT2D eigenvalue weighted by Gasteiger charge is -2.07. The molecule has 13 heavy (non-hydrogen) atoms. The number of aliphatic carboxylic acids is 1. The smallest absolute Gasteiger partial charge is 0.200 e. The summed E-state index contributed by atoms with van der Waals surface area (Å²) in [4.78, 5) is 9.92. The first-order chi connectivity index (χ1) is 6.11. The van der Waals surface area contributed by atoms with Crippen molar-refractivity contribution in [2.24, 2.45) is 0 Å². The predicted octanol–water partition coefficient (Wildman–Crippen LogP) is 0.0935. The normalized spacial score (nSPS) is 9.69. The summed E-state index contributed by atoms with van der Waals surface area (Å²) in [5.74, 6) is -4.23. The van der Waals surface area contributed by atoms with Crippen LogP contribution in [0.1, 0.15) is 0 Å². The van der Waals surface area contributed by atoms with E-state index >= 15 is 0 Å². The molecule has 0 aromatic heterocycles. The molecule has 0 spiro atoms. The number of hydrogen-bond acceptors (Lipinski definition) is 3. The van der Waals surface area contributed by atoms with Crippen LogP contribution in [0.15, 0.2) is 18.2 Å². The molecule has 5 heteroatoms. The van der Waals surface area contributed by atoms with Crippen molar-refractivity contribution in [2.45, 2.75) is 0 Å². The molecule has 1 aromatic rings. The van der Waals surface area contributed by atoms with Gasteiger partial charge in [-0.05, 0) is 12.1 Å². The minimum Gasteiger partial charge on any atom is -0.546 e. The molecule has 1 rings (SSSR count). The molecule has 0 fully saturated rings. The van der Waals surface area contributed by atoms with Crippen LogP contribution in [0.4, 0.5) is 8.78 Å². The highest BCUT2D eigenvalue weighted by atomic mass is 19.2. The van der Waals surface area contributed by atoms with Gasteiger partial charge >= 0.3 is 0 Å². The summed E-state index contributed by atoms with van der Waals surface area (Å²) < 4.78 is 29.6. The van der Waals surface area contributed by atoms with E-state index in [2.05, 4.69) is 4.74 Å². The highest BCUT2D eigenvalue weighted by molar-refractivity contribution is 5.66. The van der Waals surface area contributed by atoms with Gasteiger partial charge < -0.3 is 14.6 Å². The number of carbonyl (C=O) groups excluding carboxylic acids is 1. The van der Waals surface area contributed by atoms with E-state index < -0.39 is 30.0 Å². The molecular formula is C8H5F2O3-. The summed E-state index contributed by atoms with van der Waals surface area (Å²) in [6.45, 7) is -0.805. The number of benzene rings is 1. The number of carboxylic acids is 1. The van der Waals surface area contributed by atoms with E-state index in [0.717, 1.165) is 12.1 Å². The van der Waals surface area contributed by atoms with Crippen LogP contribution < -0.4 is 9.84 Å². The SMILES string of the molecule is O=C([O-])COc1cccc(F)c1F. The third-order valence-corrected chi connectivity index (χ3v) is 1.26. The van der Waals surface area contributed by atoms with Crippen molar-refractivity contribution in [3.05, 3.63) is 29.8 Å². The zero-order chi connectivity index (χ0) is 9.84. The topological polar surface area (TPSA) is 49.4 Å². The number of carboxylic acid groups (broad SMARTS) is 1. The first kappa shape index (κ1) is 9.44. The first-order valence-electron chi connectivity index (χ1n) is 3.38. The lowest BCUT2D eigenvalue weighted by molar-refractivity contribution is -0.307. The molecular weight excluding hydrogens is 182 g/mol. The van der Waals surface area contributed by atoms with Crippen molar-refractivity contribution in [1.82, 2.24) is 0 Å². The Morgan fingerprint density at radius 2 is 2.15 bits per heavy atom. The molecule has 0 saturated carbocycles. The van der Waals surface area contributed by atoms with Crippen LogP contribution in [-0.2, 0) is 4.79 Å². The molecule has 3 nitrogen and oxygen atoms in total. The van der Waals surface area contributed by atoms with Gasteiger partial charge in [0, 0.05) is 0 Å². The Morgan fingerprint density at radius 1 is 1.46 bits per heavy atom. The summed E-state index contributed by atoms with van der Waals surface area (Å²) in [6, 6.07) is 3.24. The fourth-order valence-electron chi connectivity index (χ4n) is 0.732. The van der Waals surface area contributed by atoms with Crippen molar-refractivity contribution >= 4 is 5.97 Å². The van der Waals surface area contributed by atoms with Crippen LogP contribution in [0.3, 0.4) is 0 Å². The van der Waals surface area contributed by atoms with Crippen LogP contribution in [-0.4, -0.2) is 12.6 Å². The van der Waals surface area contributed by atoms with E-state index in [-0.39, 0.29) is 0 Å². The quantitative estimate of drug-likeness (QED) is 0.673. The molecule has 1 aromatic carbocycles. The van der Waals surface area contributed by atoms with Crippen LogP contribution in [0.2, 0.25) is 0 Å². The second kappa shape index (κ2) is 3.84. The zero-order valence-electron chi connectivity index (χ0n) is 6.42. The van der Waals surface area contributed by atoms with Gasteiger partial charge in [0.25, 0.3) is 0 Å². The number of halogens is 2. The average Bonchev–Trinajstić information content (AvgIpc) is 2.07. The minimum absolute atomic E-state index is 0.441. The minimum atomic E-state index is -1.50. The molecule has 0 amide bonds. The molecule has 0 radical (unpaired) electrons. The first-order valence-corrected chi connectivity index (χ1v) is 3.38. The van der Waals surface area contributed by atoms with E-state index in [4.69, 9.17) is 0 Å². The van der Waals surface area contributed by atoms with Crippen molar-refractivity contribution in [1.29, 1.82) is 0 Å². The van der Waals surface area contributed by atoms with E-state index in [1.54, 1.807) is 0 Å². The Morgan fingerprint density at radius 3 is 2.77 bits per heavy atom. The number of ether oxygens (including phenoxy) is 1. The van der Waals surface area contributed by atoms with E-state index in [9.17, 15) is 18.7 Å². The third-order valence-electron chi connectivity index (χ3n) is 1.26. The fraction of sp³-hybridized carbons (Fsp3) is 0.125. The summed E-state index contributed by atoms with van der Waals surface area (Å²) in [5.41, 5.74) is 0. The van der Waals surface area contributed by atoms with Crippen molar-refractivity contribution in [3.8, 4) is 5.75 Å². The highest BCUT2D eigenvalue weighted by Crippen LogP contribution is 2.18. The molecule has 0 aliphatic heterocycles.